The molecule has 21 heavy (non-hydrogen) atoms. The normalized spacial score (nSPS) is 10.3. The van der Waals surface area contributed by atoms with E-state index in [1.54, 1.807) is 32.3 Å². The van der Waals surface area contributed by atoms with Crippen LogP contribution in [0.15, 0.2) is 24.5 Å². The van der Waals surface area contributed by atoms with Gasteiger partial charge in [0.05, 0.1) is 4.92 Å². The van der Waals surface area contributed by atoms with Gasteiger partial charge in [-0.15, -0.1) is 0 Å². The first-order chi connectivity index (χ1) is 9.90. The van der Waals surface area contributed by atoms with E-state index in [1.807, 2.05) is 6.92 Å². The van der Waals surface area contributed by atoms with Gasteiger partial charge in [-0.05, 0) is 30.7 Å². The van der Waals surface area contributed by atoms with E-state index in [1.165, 1.54) is 11.2 Å². The van der Waals surface area contributed by atoms with E-state index < -0.39 is 4.92 Å². The van der Waals surface area contributed by atoms with Crippen LogP contribution in [-0.2, 0) is 0 Å². The summed E-state index contributed by atoms with van der Waals surface area (Å²) in [6.07, 6.45) is 1.22. The van der Waals surface area contributed by atoms with Crippen molar-refractivity contribution in [2.24, 2.45) is 0 Å². The second-order valence-corrected chi connectivity index (χ2v) is 4.92. The number of halogens is 1. The Morgan fingerprint density at radius 1 is 1.33 bits per heavy atom. The molecule has 1 aromatic carbocycles. The van der Waals surface area contributed by atoms with Gasteiger partial charge in [0.15, 0.2) is 0 Å². The van der Waals surface area contributed by atoms with Gasteiger partial charge in [0.1, 0.15) is 12.1 Å². The van der Waals surface area contributed by atoms with E-state index in [9.17, 15) is 10.1 Å². The Hall–Kier alpha value is -2.41. The van der Waals surface area contributed by atoms with Crippen LogP contribution in [0.2, 0.25) is 5.02 Å². The molecule has 1 heterocycles. The molecule has 2 aromatic rings. The van der Waals surface area contributed by atoms with E-state index in [-0.39, 0.29) is 17.4 Å². The molecule has 1 aromatic heterocycles. The minimum atomic E-state index is -0.562. The third-order valence-corrected chi connectivity index (χ3v) is 3.14. The van der Waals surface area contributed by atoms with E-state index in [0.29, 0.717) is 10.8 Å². The van der Waals surface area contributed by atoms with Gasteiger partial charge >= 0.3 is 11.6 Å². The second kappa shape index (κ2) is 5.92. The van der Waals surface area contributed by atoms with E-state index in [4.69, 9.17) is 16.3 Å². The zero-order valence-electron chi connectivity index (χ0n) is 11.7. The molecular formula is C13H13ClN4O3. The smallest absolute Gasteiger partial charge is 0.373 e. The first kappa shape index (κ1) is 15.0. The Balaban J connectivity index is 2.46. The highest BCUT2D eigenvalue weighted by Gasteiger charge is 2.26. The molecule has 0 bridgehead atoms. The molecule has 0 amide bonds. The molecule has 0 spiro atoms. The van der Waals surface area contributed by atoms with E-state index in [0.717, 1.165) is 5.56 Å². The van der Waals surface area contributed by atoms with E-state index >= 15 is 0 Å². The highest BCUT2D eigenvalue weighted by molar-refractivity contribution is 6.31. The molecule has 0 atom stereocenters. The number of nitro groups is 1. The summed E-state index contributed by atoms with van der Waals surface area (Å²) in [7, 11) is 3.32. The number of ether oxygens (including phenoxy) is 1. The number of aromatic nitrogens is 2. The summed E-state index contributed by atoms with van der Waals surface area (Å²) < 4.78 is 5.52. The van der Waals surface area contributed by atoms with Crippen molar-refractivity contribution in [1.29, 1.82) is 0 Å². The van der Waals surface area contributed by atoms with E-state index in [2.05, 4.69) is 9.97 Å². The lowest BCUT2D eigenvalue weighted by Gasteiger charge is -2.13. The SMILES string of the molecule is Cc1cc(Oc2ncnc(N(C)C)c2[N+](=O)[O-])ccc1Cl. The Morgan fingerprint density at radius 2 is 2.05 bits per heavy atom. The third-order valence-electron chi connectivity index (χ3n) is 2.72. The maximum Gasteiger partial charge on any atom is 0.373 e. The minimum absolute atomic E-state index is 0.111. The monoisotopic (exact) mass is 308 g/mol. The van der Waals surface area contributed by atoms with Crippen molar-refractivity contribution in [3.8, 4) is 11.6 Å². The van der Waals surface area contributed by atoms with Gasteiger partial charge in [-0.2, -0.15) is 4.98 Å². The van der Waals surface area contributed by atoms with Gasteiger partial charge in [0.2, 0.25) is 5.82 Å². The Morgan fingerprint density at radius 3 is 2.62 bits per heavy atom. The van der Waals surface area contributed by atoms with Crippen molar-refractivity contribution in [2.75, 3.05) is 19.0 Å². The fourth-order valence-electron chi connectivity index (χ4n) is 1.71. The molecule has 0 saturated carbocycles. The van der Waals surface area contributed by atoms with Gasteiger partial charge in [-0.1, -0.05) is 11.6 Å². The van der Waals surface area contributed by atoms with Crippen LogP contribution in [0.4, 0.5) is 11.5 Å². The molecule has 2 rings (SSSR count). The van der Waals surface area contributed by atoms with Gasteiger partial charge in [0.25, 0.3) is 0 Å². The molecule has 0 N–H and O–H groups in total. The quantitative estimate of drug-likeness (QED) is 0.637. The average molecular weight is 309 g/mol. The number of anilines is 1. The molecular weight excluding hydrogens is 296 g/mol. The number of rotatable bonds is 4. The van der Waals surface area contributed by atoms with Crippen LogP contribution in [0.25, 0.3) is 0 Å². The topological polar surface area (TPSA) is 81.4 Å². The number of aryl methyl sites for hydroxylation is 1. The Labute approximate surface area is 126 Å². The van der Waals surface area contributed by atoms with Crippen molar-refractivity contribution in [3.05, 3.63) is 45.2 Å². The van der Waals surface area contributed by atoms with Crippen LogP contribution in [0.5, 0.6) is 11.6 Å². The van der Waals surface area contributed by atoms with Gasteiger partial charge in [0, 0.05) is 19.1 Å². The fraction of sp³-hybridized carbons (Fsp3) is 0.231. The Kier molecular flexibility index (Phi) is 4.23. The largest absolute Gasteiger partial charge is 0.434 e. The van der Waals surface area contributed by atoms with Crippen molar-refractivity contribution in [2.45, 2.75) is 6.92 Å². The maximum atomic E-state index is 11.3. The number of hydrogen-bond donors (Lipinski definition) is 0. The first-order valence-electron chi connectivity index (χ1n) is 6.01. The molecule has 0 unspecified atom stereocenters. The van der Waals surface area contributed by atoms with Crippen LogP contribution in [0.1, 0.15) is 5.56 Å². The van der Waals surface area contributed by atoms with Gasteiger partial charge < -0.3 is 9.64 Å². The fourth-order valence-corrected chi connectivity index (χ4v) is 1.83. The summed E-state index contributed by atoms with van der Waals surface area (Å²) in [6.45, 7) is 1.81. The summed E-state index contributed by atoms with van der Waals surface area (Å²) in [5.41, 5.74) is 0.522. The summed E-state index contributed by atoms with van der Waals surface area (Å²) in [4.78, 5) is 20.0. The van der Waals surface area contributed by atoms with Crippen LogP contribution in [-0.4, -0.2) is 29.0 Å². The number of hydrogen-bond acceptors (Lipinski definition) is 6. The minimum Gasteiger partial charge on any atom is -0.434 e. The number of benzene rings is 1. The van der Waals surface area contributed by atoms with Crippen molar-refractivity contribution in [1.82, 2.24) is 9.97 Å². The lowest BCUT2D eigenvalue weighted by Crippen LogP contribution is -2.14. The van der Waals surface area contributed by atoms with Crippen LogP contribution in [0.3, 0.4) is 0 Å². The second-order valence-electron chi connectivity index (χ2n) is 4.52. The van der Waals surface area contributed by atoms with Gasteiger partial charge in [-0.25, -0.2) is 4.98 Å². The predicted octanol–water partition coefficient (Wildman–Crippen LogP) is 3.20. The van der Waals surface area contributed by atoms with Crippen molar-refractivity contribution >= 4 is 23.1 Å². The zero-order chi connectivity index (χ0) is 15.6. The van der Waals surface area contributed by atoms with Crippen LogP contribution < -0.4 is 9.64 Å². The predicted molar refractivity (Wildman–Crippen MR) is 79.3 cm³/mol. The molecule has 0 fully saturated rings. The highest BCUT2D eigenvalue weighted by atomic mass is 35.5. The van der Waals surface area contributed by atoms with Crippen LogP contribution >= 0.6 is 11.6 Å². The third kappa shape index (κ3) is 3.19. The molecule has 0 radical (unpaired) electrons. The van der Waals surface area contributed by atoms with Gasteiger partial charge in [-0.3, -0.25) is 10.1 Å². The molecule has 0 saturated heterocycles. The summed E-state index contributed by atoms with van der Waals surface area (Å²) in [6, 6.07) is 4.96. The Bertz CT molecular complexity index is 691. The molecule has 8 heteroatoms. The van der Waals surface area contributed by atoms with Crippen LogP contribution in [0, 0.1) is 17.0 Å². The zero-order valence-corrected chi connectivity index (χ0v) is 12.5. The lowest BCUT2D eigenvalue weighted by molar-refractivity contribution is -0.385. The van der Waals surface area contributed by atoms with Crippen molar-refractivity contribution in [3.63, 3.8) is 0 Å². The van der Waals surface area contributed by atoms with Crippen molar-refractivity contribution < 1.29 is 9.66 Å². The number of nitrogens with zero attached hydrogens (tertiary/aromatic N) is 4. The summed E-state index contributed by atoms with van der Waals surface area (Å²) >= 11 is 5.94. The molecule has 0 aliphatic heterocycles. The maximum absolute atomic E-state index is 11.3. The molecule has 7 nitrogen and oxygen atoms in total. The first-order valence-corrected chi connectivity index (χ1v) is 6.38. The molecule has 0 aliphatic carbocycles. The lowest BCUT2D eigenvalue weighted by atomic mass is 10.2. The molecule has 0 aliphatic rings. The summed E-state index contributed by atoms with van der Waals surface area (Å²) in [5, 5.41) is 11.8. The summed E-state index contributed by atoms with van der Waals surface area (Å²) in [5.74, 6) is 0.486. The highest BCUT2D eigenvalue weighted by Crippen LogP contribution is 2.35. The average Bonchev–Trinajstić information content (AvgIpc) is 2.42. The standard InChI is InChI=1S/C13H13ClN4O3/c1-8-6-9(4-5-10(8)14)21-13-11(18(19)20)12(17(2)3)15-7-16-13/h4-7H,1-3H3. The molecule has 110 valence electrons.